The molecule has 51 heavy (non-hydrogen) atoms. The minimum atomic E-state index is -1.31. The van der Waals surface area contributed by atoms with E-state index in [-0.39, 0.29) is 72.1 Å². The van der Waals surface area contributed by atoms with E-state index in [2.05, 4.69) is 20.8 Å². The number of methoxy groups -OCH3 is 1. The molecule has 1 unspecified atom stereocenters. The summed E-state index contributed by atoms with van der Waals surface area (Å²) in [5, 5.41) is 88.0. The first-order chi connectivity index (χ1) is 24.0. The van der Waals surface area contributed by atoms with Gasteiger partial charge in [-0.05, 0) is 91.8 Å². The molecular formula is C38H66O13. The van der Waals surface area contributed by atoms with Crippen molar-refractivity contribution in [2.24, 2.45) is 46.3 Å². The first kappa shape index (κ1) is 40.2. The van der Waals surface area contributed by atoms with E-state index < -0.39 is 73.1 Å². The van der Waals surface area contributed by atoms with E-state index in [1.807, 2.05) is 13.8 Å². The van der Waals surface area contributed by atoms with Gasteiger partial charge in [-0.1, -0.05) is 34.6 Å². The first-order valence-corrected chi connectivity index (χ1v) is 19.5. The second-order valence-corrected chi connectivity index (χ2v) is 18.1. The van der Waals surface area contributed by atoms with Crippen LogP contribution in [0.4, 0.5) is 0 Å². The summed E-state index contributed by atoms with van der Waals surface area (Å²) < 4.78 is 28.8. The Bertz CT molecular complexity index is 1180. The molecule has 296 valence electrons. The van der Waals surface area contributed by atoms with E-state index in [9.17, 15) is 40.9 Å². The van der Waals surface area contributed by atoms with Gasteiger partial charge in [0, 0.05) is 19.4 Å². The minimum absolute atomic E-state index is 0.0371. The molecule has 8 N–H and O–H groups in total. The van der Waals surface area contributed by atoms with Gasteiger partial charge in [-0.25, -0.2) is 0 Å². The van der Waals surface area contributed by atoms with Crippen molar-refractivity contribution in [2.75, 3.05) is 20.3 Å². The average Bonchev–Trinajstić information content (AvgIpc) is 3.50. The van der Waals surface area contributed by atoms with Crippen LogP contribution in [0, 0.1) is 46.3 Å². The lowest BCUT2D eigenvalue weighted by atomic mass is 9.42. The summed E-state index contributed by atoms with van der Waals surface area (Å²) in [5.74, 6) is -0.0134. The SMILES string of the molecule is CO[C@H]1[C@H](OC[C@@H]2O[C@@H](O[C@@H](CC[C@@H](C)[C@H]3C[C@@H](O)[C@@H]4[C@]3(C)CC[C@H]3[C@@]4(O)C[C@H](O)C4C[C@@H](O)CC[C@@]43C)C(C)C)[C@H](O)[C@H]2O)OC[C@@H](O)[C@@H]1O. The Morgan fingerprint density at radius 3 is 2.20 bits per heavy atom. The monoisotopic (exact) mass is 730 g/mol. The molecule has 13 heteroatoms. The average molecular weight is 731 g/mol. The maximum Gasteiger partial charge on any atom is 0.186 e. The molecule has 20 atom stereocenters. The maximum atomic E-state index is 12.6. The normalized spacial score (nSPS) is 52.6. The van der Waals surface area contributed by atoms with Crippen molar-refractivity contribution < 1.29 is 64.5 Å². The molecule has 0 spiro atoms. The zero-order valence-electron chi connectivity index (χ0n) is 31.3. The van der Waals surface area contributed by atoms with Crippen LogP contribution in [0.5, 0.6) is 0 Å². The molecule has 13 nitrogen and oxygen atoms in total. The highest BCUT2D eigenvalue weighted by atomic mass is 16.7. The molecule has 6 rings (SSSR count). The van der Waals surface area contributed by atoms with E-state index in [4.69, 9.17) is 23.7 Å². The van der Waals surface area contributed by atoms with Gasteiger partial charge >= 0.3 is 0 Å². The fraction of sp³-hybridized carbons (Fsp3) is 1.00. The number of aliphatic hydroxyl groups excluding tert-OH is 7. The van der Waals surface area contributed by atoms with Crippen molar-refractivity contribution in [2.45, 2.75) is 172 Å². The van der Waals surface area contributed by atoms with E-state index >= 15 is 0 Å². The third kappa shape index (κ3) is 7.08. The highest BCUT2D eigenvalue weighted by molar-refractivity contribution is 5.20. The molecule has 0 aromatic carbocycles. The Morgan fingerprint density at radius 1 is 0.804 bits per heavy atom. The van der Waals surface area contributed by atoms with Gasteiger partial charge in [-0.15, -0.1) is 0 Å². The van der Waals surface area contributed by atoms with Gasteiger partial charge in [0.25, 0.3) is 0 Å². The second-order valence-electron chi connectivity index (χ2n) is 18.1. The summed E-state index contributed by atoms with van der Waals surface area (Å²) in [6.07, 6.45) is -4.97. The molecule has 0 amide bonds. The van der Waals surface area contributed by atoms with E-state index in [0.29, 0.717) is 25.7 Å². The highest BCUT2D eigenvalue weighted by Crippen LogP contribution is 2.69. The predicted octanol–water partition coefficient (Wildman–Crippen LogP) is 1.08. The summed E-state index contributed by atoms with van der Waals surface area (Å²) in [5.41, 5.74) is -1.77. The van der Waals surface area contributed by atoms with Gasteiger partial charge in [-0.2, -0.15) is 0 Å². The molecule has 0 aromatic heterocycles. The topological polar surface area (TPSA) is 208 Å². The Balaban J connectivity index is 1.07. The molecule has 4 aliphatic carbocycles. The van der Waals surface area contributed by atoms with Gasteiger partial charge in [0.05, 0.1) is 43.2 Å². The van der Waals surface area contributed by atoms with Gasteiger partial charge in [0.15, 0.2) is 12.6 Å². The van der Waals surface area contributed by atoms with E-state index in [1.54, 1.807) is 0 Å². The van der Waals surface area contributed by atoms with Crippen molar-refractivity contribution >= 4 is 0 Å². The van der Waals surface area contributed by atoms with Gasteiger partial charge in [-0.3, -0.25) is 0 Å². The van der Waals surface area contributed by atoms with Crippen LogP contribution in [0.3, 0.4) is 0 Å². The molecule has 6 aliphatic rings. The van der Waals surface area contributed by atoms with Crippen LogP contribution in [0.2, 0.25) is 0 Å². The molecule has 0 radical (unpaired) electrons. The van der Waals surface area contributed by atoms with Crippen LogP contribution >= 0.6 is 0 Å². The Kier molecular flexibility index (Phi) is 12.0. The van der Waals surface area contributed by atoms with Crippen molar-refractivity contribution in [3.05, 3.63) is 0 Å². The summed E-state index contributed by atoms with van der Waals surface area (Å²) in [6.45, 7) is 10.4. The van der Waals surface area contributed by atoms with Crippen LogP contribution in [0.25, 0.3) is 0 Å². The zero-order chi connectivity index (χ0) is 37.2. The number of aliphatic hydroxyl groups is 8. The van der Waals surface area contributed by atoms with Crippen molar-refractivity contribution in [3.63, 3.8) is 0 Å². The number of hydrogen-bond donors (Lipinski definition) is 8. The number of fused-ring (bicyclic) bond motifs is 5. The Labute approximate surface area is 302 Å². The summed E-state index contributed by atoms with van der Waals surface area (Å²) in [6, 6.07) is 0. The largest absolute Gasteiger partial charge is 0.393 e. The summed E-state index contributed by atoms with van der Waals surface area (Å²) in [7, 11) is 1.37. The van der Waals surface area contributed by atoms with Crippen LogP contribution in [0.1, 0.15) is 92.4 Å². The smallest absolute Gasteiger partial charge is 0.186 e. The molecule has 2 saturated heterocycles. The standard InChI is InChI=1S/C38H66O13/c1-18(2)26(50-34-31(45)30(44)27(51-34)17-49-35-32(47-6)29(43)25(42)16-48-35)8-7-19(3)21-14-23(40)33-37(21,5)12-10-28-36(4)11-9-20(39)13-22(36)24(41)15-38(28,33)46/h18-35,39-46H,7-17H2,1-6H3/t19-,20+,21-,22?,23-,24+,25-,26+,27+,28-,29+,30+,31-,32-,33-,34-,35+,36+,37-,38+/m1/s1. The van der Waals surface area contributed by atoms with E-state index in [0.717, 1.165) is 25.7 Å². The number of ether oxygens (including phenoxy) is 5. The third-order valence-electron chi connectivity index (χ3n) is 14.8. The lowest BCUT2D eigenvalue weighted by molar-refractivity contribution is -0.285. The molecule has 2 heterocycles. The van der Waals surface area contributed by atoms with E-state index in [1.165, 1.54) is 7.11 Å². The minimum Gasteiger partial charge on any atom is -0.393 e. The molecule has 0 aromatic rings. The van der Waals surface area contributed by atoms with Crippen molar-refractivity contribution in [1.82, 2.24) is 0 Å². The lowest BCUT2D eigenvalue weighted by Gasteiger charge is -2.66. The molecular weight excluding hydrogens is 664 g/mol. The van der Waals surface area contributed by atoms with Crippen molar-refractivity contribution in [1.29, 1.82) is 0 Å². The maximum absolute atomic E-state index is 12.6. The van der Waals surface area contributed by atoms with Crippen LogP contribution in [-0.4, -0.2) is 140 Å². The van der Waals surface area contributed by atoms with Gasteiger partial charge < -0.3 is 64.5 Å². The Hall–Kier alpha value is -0.520. The Morgan fingerprint density at radius 2 is 1.51 bits per heavy atom. The highest BCUT2D eigenvalue weighted by Gasteiger charge is 2.70. The van der Waals surface area contributed by atoms with Crippen LogP contribution in [0.15, 0.2) is 0 Å². The molecule has 0 bridgehead atoms. The predicted molar refractivity (Wildman–Crippen MR) is 183 cm³/mol. The summed E-state index contributed by atoms with van der Waals surface area (Å²) in [4.78, 5) is 0. The molecule has 6 fully saturated rings. The van der Waals surface area contributed by atoms with Crippen molar-refractivity contribution in [3.8, 4) is 0 Å². The fourth-order valence-corrected chi connectivity index (χ4v) is 12.1. The first-order valence-electron chi connectivity index (χ1n) is 19.5. The molecule has 4 saturated carbocycles. The quantitative estimate of drug-likeness (QED) is 0.150. The van der Waals surface area contributed by atoms with Gasteiger partial charge in [0.2, 0.25) is 0 Å². The number of rotatable bonds is 11. The second kappa shape index (κ2) is 15.2. The molecule has 2 aliphatic heterocycles. The zero-order valence-corrected chi connectivity index (χ0v) is 31.3. The van der Waals surface area contributed by atoms with Crippen LogP contribution in [-0.2, 0) is 23.7 Å². The fourth-order valence-electron chi connectivity index (χ4n) is 12.1. The number of hydrogen-bond acceptors (Lipinski definition) is 13. The van der Waals surface area contributed by atoms with Gasteiger partial charge in [0.1, 0.15) is 36.6 Å². The lowest BCUT2D eigenvalue weighted by Crippen LogP contribution is -2.68. The van der Waals surface area contributed by atoms with Crippen LogP contribution < -0.4 is 0 Å². The summed E-state index contributed by atoms with van der Waals surface area (Å²) >= 11 is 0. The third-order valence-corrected chi connectivity index (χ3v) is 14.8.